The fraction of sp³-hybridized carbons (Fsp3) is 0.267. The zero-order valence-electron chi connectivity index (χ0n) is 12.6. The highest BCUT2D eigenvalue weighted by atomic mass is 32.1. The average Bonchev–Trinajstić information content (AvgIpc) is 3.22. The second kappa shape index (κ2) is 5.24. The molecule has 0 unspecified atom stereocenters. The van der Waals surface area contributed by atoms with Crippen LogP contribution in [0.1, 0.15) is 17.4 Å². The number of fused-ring (bicyclic) bond motifs is 2. The van der Waals surface area contributed by atoms with Crippen molar-refractivity contribution >= 4 is 27.5 Å². The molecule has 0 bridgehead atoms. The van der Waals surface area contributed by atoms with Gasteiger partial charge in [0.2, 0.25) is 6.79 Å². The molecule has 1 aliphatic heterocycles. The lowest BCUT2D eigenvalue weighted by atomic mass is 10.3. The van der Waals surface area contributed by atoms with Gasteiger partial charge in [-0.1, -0.05) is 11.3 Å². The van der Waals surface area contributed by atoms with Crippen molar-refractivity contribution in [1.29, 1.82) is 0 Å². The van der Waals surface area contributed by atoms with Crippen molar-refractivity contribution in [3.05, 3.63) is 34.9 Å². The maximum atomic E-state index is 12.3. The van der Waals surface area contributed by atoms with Crippen LogP contribution in [0, 0.1) is 0 Å². The van der Waals surface area contributed by atoms with Crippen molar-refractivity contribution in [3.63, 3.8) is 0 Å². The minimum absolute atomic E-state index is 0.244. The van der Waals surface area contributed by atoms with E-state index in [0.29, 0.717) is 17.0 Å². The van der Waals surface area contributed by atoms with Crippen LogP contribution in [-0.4, -0.2) is 27.0 Å². The van der Waals surface area contributed by atoms with Crippen molar-refractivity contribution in [1.82, 2.24) is 14.3 Å². The number of amides is 1. The van der Waals surface area contributed by atoms with Crippen LogP contribution < -0.4 is 14.3 Å². The molecule has 3 aromatic rings. The number of aromatic nitrogens is 3. The lowest BCUT2D eigenvalue weighted by Gasteiger charge is -2.01. The highest BCUT2D eigenvalue weighted by molar-refractivity contribution is 7.16. The largest absolute Gasteiger partial charge is 0.454 e. The van der Waals surface area contributed by atoms with Crippen LogP contribution in [0.4, 0.5) is 0 Å². The van der Waals surface area contributed by atoms with Gasteiger partial charge in [0.25, 0.3) is 5.91 Å². The standard InChI is InChI=1S/C15H14N4O3S/c1-3-19-10-6-11-12(22-8-21-11)7-13(10)23-15(19)16-14(20)9-4-5-18(2)17-9/h4-7H,3,8H2,1-2H3. The molecule has 1 aliphatic rings. The summed E-state index contributed by atoms with van der Waals surface area (Å²) in [5, 5.41) is 4.10. The number of nitrogens with zero attached hydrogens (tertiary/aromatic N) is 4. The summed E-state index contributed by atoms with van der Waals surface area (Å²) in [5.41, 5.74) is 1.32. The number of carbonyl (C=O) groups excluding carboxylic acids is 1. The molecule has 0 saturated carbocycles. The molecule has 4 rings (SSSR count). The van der Waals surface area contributed by atoms with Crippen LogP contribution in [0.3, 0.4) is 0 Å². The van der Waals surface area contributed by atoms with E-state index in [1.165, 1.54) is 11.3 Å². The molecule has 0 spiro atoms. The number of hydrogen-bond donors (Lipinski definition) is 0. The van der Waals surface area contributed by atoms with E-state index < -0.39 is 0 Å². The zero-order valence-corrected chi connectivity index (χ0v) is 13.5. The van der Waals surface area contributed by atoms with E-state index in [4.69, 9.17) is 9.47 Å². The predicted octanol–water partition coefficient (Wildman–Crippen LogP) is 1.93. The van der Waals surface area contributed by atoms with Crippen LogP contribution in [0.15, 0.2) is 29.4 Å². The first-order valence-electron chi connectivity index (χ1n) is 7.17. The molecule has 0 atom stereocenters. The Morgan fingerprint density at radius 3 is 2.87 bits per heavy atom. The molecule has 0 aliphatic carbocycles. The maximum absolute atomic E-state index is 12.3. The van der Waals surface area contributed by atoms with E-state index in [9.17, 15) is 4.79 Å². The van der Waals surface area contributed by atoms with Gasteiger partial charge in [0.05, 0.1) is 10.2 Å². The summed E-state index contributed by atoms with van der Waals surface area (Å²) in [4.78, 5) is 17.2. The summed E-state index contributed by atoms with van der Waals surface area (Å²) in [6.45, 7) is 2.96. The summed E-state index contributed by atoms with van der Waals surface area (Å²) in [6.07, 6.45) is 1.72. The van der Waals surface area contributed by atoms with Gasteiger partial charge in [-0.25, -0.2) is 0 Å². The number of rotatable bonds is 2. The van der Waals surface area contributed by atoms with Gasteiger partial charge in [0, 0.05) is 31.9 Å². The number of benzene rings is 1. The lowest BCUT2D eigenvalue weighted by Crippen LogP contribution is -2.16. The van der Waals surface area contributed by atoms with E-state index in [1.807, 2.05) is 23.6 Å². The van der Waals surface area contributed by atoms with Crippen molar-refractivity contribution in [2.75, 3.05) is 6.79 Å². The van der Waals surface area contributed by atoms with Crippen molar-refractivity contribution in [2.24, 2.45) is 12.0 Å². The molecule has 7 nitrogen and oxygen atoms in total. The van der Waals surface area contributed by atoms with E-state index in [-0.39, 0.29) is 12.7 Å². The number of carbonyl (C=O) groups is 1. The SMILES string of the molecule is CCn1c(=NC(=O)c2ccn(C)n2)sc2cc3c(cc21)OCO3. The maximum Gasteiger partial charge on any atom is 0.300 e. The Morgan fingerprint density at radius 1 is 1.39 bits per heavy atom. The van der Waals surface area contributed by atoms with Gasteiger partial charge in [0.15, 0.2) is 22.0 Å². The third kappa shape index (κ3) is 2.31. The first-order valence-corrected chi connectivity index (χ1v) is 7.99. The number of ether oxygens (including phenoxy) is 2. The molecule has 23 heavy (non-hydrogen) atoms. The summed E-state index contributed by atoms with van der Waals surface area (Å²) >= 11 is 1.45. The van der Waals surface area contributed by atoms with Crippen LogP contribution in [0.25, 0.3) is 10.2 Å². The van der Waals surface area contributed by atoms with Gasteiger partial charge < -0.3 is 14.0 Å². The fourth-order valence-corrected chi connectivity index (χ4v) is 3.63. The molecule has 118 valence electrons. The van der Waals surface area contributed by atoms with E-state index in [2.05, 4.69) is 10.1 Å². The van der Waals surface area contributed by atoms with Gasteiger partial charge in [-0.2, -0.15) is 10.1 Å². The minimum atomic E-state index is -0.348. The molecular weight excluding hydrogens is 316 g/mol. The predicted molar refractivity (Wildman–Crippen MR) is 84.7 cm³/mol. The zero-order chi connectivity index (χ0) is 16.0. The summed E-state index contributed by atoms with van der Waals surface area (Å²) in [6, 6.07) is 5.52. The Hall–Kier alpha value is -2.61. The van der Waals surface area contributed by atoms with Crippen LogP contribution in [-0.2, 0) is 13.6 Å². The Bertz CT molecular complexity index is 982. The molecule has 1 amide bonds. The smallest absolute Gasteiger partial charge is 0.300 e. The Kier molecular flexibility index (Phi) is 3.19. The molecule has 3 heterocycles. The monoisotopic (exact) mass is 330 g/mol. The third-order valence-corrected chi connectivity index (χ3v) is 4.66. The third-order valence-electron chi connectivity index (χ3n) is 3.62. The Balaban J connectivity index is 1.86. The molecular formula is C15H14N4O3S. The van der Waals surface area contributed by atoms with Crippen LogP contribution >= 0.6 is 11.3 Å². The average molecular weight is 330 g/mol. The van der Waals surface area contributed by atoms with Crippen molar-refractivity contribution in [3.8, 4) is 11.5 Å². The highest BCUT2D eigenvalue weighted by Crippen LogP contribution is 2.36. The second-order valence-corrected chi connectivity index (χ2v) is 6.10. The normalized spacial score (nSPS) is 13.9. The lowest BCUT2D eigenvalue weighted by molar-refractivity contribution is 0.0992. The fourth-order valence-electron chi connectivity index (χ4n) is 2.52. The van der Waals surface area contributed by atoms with Crippen LogP contribution in [0.5, 0.6) is 11.5 Å². The summed E-state index contributed by atoms with van der Waals surface area (Å²) in [5.74, 6) is 1.10. The van der Waals surface area contributed by atoms with Gasteiger partial charge in [0.1, 0.15) is 0 Å². The first-order chi connectivity index (χ1) is 11.2. The number of aryl methyl sites for hydroxylation is 2. The van der Waals surface area contributed by atoms with Crippen molar-refractivity contribution < 1.29 is 14.3 Å². The molecule has 1 aromatic carbocycles. The van der Waals surface area contributed by atoms with E-state index in [0.717, 1.165) is 21.7 Å². The molecule has 8 heteroatoms. The van der Waals surface area contributed by atoms with Gasteiger partial charge >= 0.3 is 0 Å². The topological polar surface area (TPSA) is 70.6 Å². The highest BCUT2D eigenvalue weighted by Gasteiger charge is 2.17. The molecule has 0 fully saturated rings. The first kappa shape index (κ1) is 14.0. The second-order valence-electron chi connectivity index (χ2n) is 5.09. The van der Waals surface area contributed by atoms with Gasteiger partial charge in [-0.05, 0) is 13.0 Å². The Labute approximate surface area is 135 Å². The molecule has 0 saturated heterocycles. The van der Waals surface area contributed by atoms with E-state index >= 15 is 0 Å². The van der Waals surface area contributed by atoms with Crippen LogP contribution in [0.2, 0.25) is 0 Å². The molecule has 0 N–H and O–H groups in total. The molecule has 2 aromatic heterocycles. The quantitative estimate of drug-likeness (QED) is 0.720. The Morgan fingerprint density at radius 2 is 2.17 bits per heavy atom. The van der Waals surface area contributed by atoms with Crippen molar-refractivity contribution in [2.45, 2.75) is 13.5 Å². The minimum Gasteiger partial charge on any atom is -0.454 e. The van der Waals surface area contributed by atoms with E-state index in [1.54, 1.807) is 24.0 Å². The summed E-state index contributed by atoms with van der Waals surface area (Å²) in [7, 11) is 1.77. The number of thiazole rings is 1. The van der Waals surface area contributed by atoms with Gasteiger partial charge in [-0.15, -0.1) is 0 Å². The van der Waals surface area contributed by atoms with Gasteiger partial charge in [-0.3, -0.25) is 9.48 Å². The summed E-state index contributed by atoms with van der Waals surface area (Å²) < 4.78 is 15.4. The number of hydrogen-bond acceptors (Lipinski definition) is 5. The molecule has 0 radical (unpaired) electrons.